The van der Waals surface area contributed by atoms with E-state index in [-0.39, 0.29) is 25.0 Å². The van der Waals surface area contributed by atoms with E-state index in [9.17, 15) is 9.59 Å². The smallest absolute Gasteiger partial charge is 0.325 e. The molecule has 0 saturated heterocycles. The third-order valence-electron chi connectivity index (χ3n) is 7.57. The molecule has 0 fully saturated rings. The van der Waals surface area contributed by atoms with Crippen LogP contribution in [0.3, 0.4) is 0 Å². The summed E-state index contributed by atoms with van der Waals surface area (Å²) in [4.78, 5) is 34.6. The van der Waals surface area contributed by atoms with Crippen LogP contribution >= 0.6 is 31.9 Å². The third-order valence-corrected chi connectivity index (χ3v) is 8.63. The molecule has 44 heavy (non-hydrogen) atoms. The zero-order valence-corrected chi connectivity index (χ0v) is 27.3. The number of nitrogens with zero attached hydrogens (tertiary/aromatic N) is 4. The van der Waals surface area contributed by atoms with Gasteiger partial charge in [0.05, 0.1) is 36.3 Å². The predicted octanol–water partition coefficient (Wildman–Crippen LogP) is 7.11. The average Bonchev–Trinajstić information content (AvgIpc) is 3.54. The van der Waals surface area contributed by atoms with Crippen molar-refractivity contribution in [3.63, 3.8) is 0 Å². The van der Waals surface area contributed by atoms with Crippen LogP contribution in [-0.2, 0) is 45.0 Å². The molecule has 0 atom stereocenters. The Kier molecular flexibility index (Phi) is 8.63. The van der Waals surface area contributed by atoms with E-state index >= 15 is 0 Å². The van der Waals surface area contributed by atoms with Crippen LogP contribution in [0.25, 0.3) is 33.2 Å². The molecule has 8 nitrogen and oxygen atoms in total. The number of carbonyl (C=O) groups excluding carboxylic acids is 2. The van der Waals surface area contributed by atoms with Gasteiger partial charge in [0, 0.05) is 21.8 Å². The molecule has 0 radical (unpaired) electrons. The lowest BCUT2D eigenvalue weighted by molar-refractivity contribution is -0.142. The van der Waals surface area contributed by atoms with Gasteiger partial charge in [0.2, 0.25) is 0 Å². The van der Waals surface area contributed by atoms with Crippen molar-refractivity contribution in [1.82, 2.24) is 19.1 Å². The maximum atomic E-state index is 12.4. The minimum atomic E-state index is -0.345. The number of esters is 2. The topological polar surface area (TPSA) is 88.2 Å². The number of aromatic nitrogens is 4. The van der Waals surface area contributed by atoms with Crippen molar-refractivity contribution in [2.24, 2.45) is 0 Å². The fourth-order valence-electron chi connectivity index (χ4n) is 5.29. The average molecular weight is 716 g/mol. The molecule has 4 aromatic carbocycles. The first kappa shape index (κ1) is 29.8. The lowest BCUT2D eigenvalue weighted by Crippen LogP contribution is -2.14. The molecule has 2 aromatic heterocycles. The Bertz CT molecular complexity index is 2000. The van der Waals surface area contributed by atoms with Crippen molar-refractivity contribution in [2.75, 3.05) is 14.2 Å². The summed E-state index contributed by atoms with van der Waals surface area (Å²) in [5.74, 6) is 0.866. The number of hydrogen-bond donors (Lipinski definition) is 0. The highest BCUT2D eigenvalue weighted by molar-refractivity contribution is 9.10. The van der Waals surface area contributed by atoms with Gasteiger partial charge in [0.15, 0.2) is 0 Å². The van der Waals surface area contributed by atoms with E-state index < -0.39 is 0 Å². The van der Waals surface area contributed by atoms with E-state index in [4.69, 9.17) is 19.4 Å². The van der Waals surface area contributed by atoms with Gasteiger partial charge in [-0.15, -0.1) is 0 Å². The summed E-state index contributed by atoms with van der Waals surface area (Å²) < 4.78 is 15.8. The molecule has 2 heterocycles. The standard InChI is InChI=1S/C34H28Br2N4O4/c1-43-33(41)19-39-29-14-8-23(17-28(29)38-32(39)16-22-5-11-26(36)12-6-22)24-7-13-27-30(18-24)40(20-34(42)44-2)31(37-27)15-21-3-9-25(35)10-4-21/h3-14,17-18H,15-16,19-20H2,1-2H3. The first-order valence-corrected chi connectivity index (χ1v) is 15.5. The third kappa shape index (κ3) is 6.32. The second-order valence-corrected chi connectivity index (χ2v) is 12.2. The molecule has 0 aliphatic heterocycles. The minimum Gasteiger partial charge on any atom is -0.468 e. The van der Waals surface area contributed by atoms with Gasteiger partial charge in [0.25, 0.3) is 0 Å². The Hall–Kier alpha value is -4.28. The summed E-state index contributed by atoms with van der Waals surface area (Å²) in [6.45, 7) is 0.122. The van der Waals surface area contributed by atoms with Crippen LogP contribution in [0.2, 0.25) is 0 Å². The Morgan fingerprint density at radius 3 is 1.64 bits per heavy atom. The fourth-order valence-corrected chi connectivity index (χ4v) is 5.82. The van der Waals surface area contributed by atoms with Crippen LogP contribution in [0.4, 0.5) is 0 Å². The first-order valence-electron chi connectivity index (χ1n) is 13.9. The van der Waals surface area contributed by atoms with Gasteiger partial charge >= 0.3 is 11.9 Å². The van der Waals surface area contributed by atoms with Gasteiger partial charge in [-0.3, -0.25) is 9.59 Å². The van der Waals surface area contributed by atoms with Crippen molar-refractivity contribution < 1.29 is 19.1 Å². The number of imidazole rings is 2. The predicted molar refractivity (Wildman–Crippen MR) is 176 cm³/mol. The zero-order chi connectivity index (χ0) is 30.8. The number of methoxy groups -OCH3 is 2. The van der Waals surface area contributed by atoms with Crippen LogP contribution in [0.15, 0.2) is 93.9 Å². The van der Waals surface area contributed by atoms with E-state index in [2.05, 4.69) is 31.9 Å². The Balaban J connectivity index is 1.40. The summed E-state index contributed by atoms with van der Waals surface area (Å²) in [5.41, 5.74) is 7.34. The normalized spacial score (nSPS) is 11.3. The van der Waals surface area contributed by atoms with Crippen molar-refractivity contribution in [3.05, 3.63) is 117 Å². The van der Waals surface area contributed by atoms with Gasteiger partial charge in [-0.05, 0) is 70.8 Å². The number of hydrogen-bond acceptors (Lipinski definition) is 6. The van der Waals surface area contributed by atoms with Gasteiger partial charge in [0.1, 0.15) is 24.7 Å². The van der Waals surface area contributed by atoms with Gasteiger partial charge in [-0.2, -0.15) is 0 Å². The minimum absolute atomic E-state index is 0.0543. The lowest BCUT2D eigenvalue weighted by Gasteiger charge is -2.10. The number of halogens is 2. The summed E-state index contributed by atoms with van der Waals surface area (Å²) in [5, 5.41) is 0. The molecular weight excluding hydrogens is 688 g/mol. The van der Waals surface area contributed by atoms with Crippen LogP contribution in [0.1, 0.15) is 22.8 Å². The van der Waals surface area contributed by atoms with Gasteiger partial charge in [-0.25, -0.2) is 9.97 Å². The second kappa shape index (κ2) is 12.8. The fraction of sp³-hybridized carbons (Fsp3) is 0.176. The highest BCUT2D eigenvalue weighted by atomic mass is 79.9. The van der Waals surface area contributed by atoms with Crippen molar-refractivity contribution >= 4 is 65.9 Å². The molecule has 0 spiro atoms. The van der Waals surface area contributed by atoms with E-state index in [1.165, 1.54) is 14.2 Å². The van der Waals surface area contributed by atoms with Crippen LogP contribution in [0.5, 0.6) is 0 Å². The van der Waals surface area contributed by atoms with Crippen molar-refractivity contribution in [2.45, 2.75) is 25.9 Å². The Labute approximate surface area is 270 Å². The second-order valence-electron chi connectivity index (χ2n) is 10.4. The summed E-state index contributed by atoms with van der Waals surface area (Å²) in [6, 6.07) is 28.2. The van der Waals surface area contributed by atoms with Crippen LogP contribution in [0, 0.1) is 0 Å². The molecule has 0 saturated carbocycles. The van der Waals surface area contributed by atoms with Crippen molar-refractivity contribution in [1.29, 1.82) is 0 Å². The summed E-state index contributed by atoms with van der Waals surface area (Å²) >= 11 is 6.97. The number of ether oxygens (including phenoxy) is 2. The van der Waals surface area contributed by atoms with Gasteiger partial charge < -0.3 is 18.6 Å². The SMILES string of the molecule is COC(=O)Cn1c(Cc2ccc(Br)cc2)nc2cc(-c3ccc4nc(Cc5ccc(Br)cc5)n(CC(=O)OC)c4c3)ccc21. The zero-order valence-electron chi connectivity index (χ0n) is 24.1. The maximum Gasteiger partial charge on any atom is 0.325 e. The molecule has 10 heteroatoms. The number of rotatable bonds is 9. The van der Waals surface area contributed by atoms with Crippen LogP contribution < -0.4 is 0 Å². The number of fused-ring (bicyclic) bond motifs is 2. The monoisotopic (exact) mass is 714 g/mol. The van der Waals surface area contributed by atoms with E-state index in [1.807, 2.05) is 94.1 Å². The maximum absolute atomic E-state index is 12.4. The van der Waals surface area contributed by atoms with E-state index in [0.717, 1.165) is 64.9 Å². The highest BCUT2D eigenvalue weighted by Gasteiger charge is 2.18. The highest BCUT2D eigenvalue weighted by Crippen LogP contribution is 2.30. The van der Waals surface area contributed by atoms with Gasteiger partial charge in [-0.1, -0.05) is 68.3 Å². The molecule has 0 amide bonds. The molecule has 0 aliphatic rings. The van der Waals surface area contributed by atoms with E-state index in [0.29, 0.717) is 12.8 Å². The first-order chi connectivity index (χ1) is 21.3. The molecule has 222 valence electrons. The molecule has 6 rings (SSSR count). The molecule has 0 N–H and O–H groups in total. The quantitative estimate of drug-likeness (QED) is 0.148. The lowest BCUT2D eigenvalue weighted by atomic mass is 10.0. The summed E-state index contributed by atoms with van der Waals surface area (Å²) in [6.07, 6.45) is 1.13. The molecule has 6 aromatic rings. The number of benzene rings is 4. The van der Waals surface area contributed by atoms with E-state index in [1.54, 1.807) is 0 Å². The van der Waals surface area contributed by atoms with Crippen molar-refractivity contribution in [3.8, 4) is 11.1 Å². The van der Waals surface area contributed by atoms with Crippen LogP contribution in [-0.4, -0.2) is 45.3 Å². The number of carbonyl (C=O) groups is 2. The molecule has 0 unspecified atom stereocenters. The Morgan fingerprint density at radius 2 is 1.09 bits per heavy atom. The summed E-state index contributed by atoms with van der Waals surface area (Å²) in [7, 11) is 2.78. The molecule has 0 aliphatic carbocycles. The Morgan fingerprint density at radius 1 is 0.614 bits per heavy atom. The largest absolute Gasteiger partial charge is 0.468 e. The molecule has 0 bridgehead atoms. The molecular formula is C34H28Br2N4O4.